The van der Waals surface area contributed by atoms with Crippen LogP contribution in [0.1, 0.15) is 35.3 Å². The zero-order valence-corrected chi connectivity index (χ0v) is 12.9. The summed E-state index contributed by atoms with van der Waals surface area (Å²) in [6, 6.07) is 11.7. The van der Waals surface area contributed by atoms with Crippen LogP contribution in [0.25, 0.3) is 0 Å². The molecule has 1 saturated heterocycles. The van der Waals surface area contributed by atoms with E-state index in [1.54, 1.807) is 12.3 Å². The largest absolute Gasteiger partial charge is 0.370 e. The minimum atomic E-state index is -0.159. The van der Waals surface area contributed by atoms with Crippen molar-refractivity contribution in [2.75, 3.05) is 23.3 Å². The van der Waals surface area contributed by atoms with Crippen LogP contribution >= 0.6 is 0 Å². The highest BCUT2D eigenvalue weighted by molar-refractivity contribution is 6.04. The van der Waals surface area contributed by atoms with Gasteiger partial charge in [0, 0.05) is 19.3 Å². The average Bonchev–Trinajstić information content (AvgIpc) is 2.56. The molecule has 1 aliphatic heterocycles. The smallest absolute Gasteiger partial charge is 0.274 e. The number of pyridine rings is 1. The molecule has 1 aromatic carbocycles. The summed E-state index contributed by atoms with van der Waals surface area (Å²) < 4.78 is 0. The molecule has 0 radical (unpaired) electrons. The van der Waals surface area contributed by atoms with Crippen LogP contribution in [0.3, 0.4) is 0 Å². The lowest BCUT2D eigenvalue weighted by atomic mass is 10.1. The third-order valence-electron chi connectivity index (χ3n) is 4.00. The highest BCUT2D eigenvalue weighted by atomic mass is 16.1. The van der Waals surface area contributed by atoms with Gasteiger partial charge >= 0.3 is 0 Å². The lowest BCUT2D eigenvalue weighted by molar-refractivity contribution is 0.102. The van der Waals surface area contributed by atoms with E-state index in [2.05, 4.69) is 21.3 Å². The lowest BCUT2D eigenvalue weighted by Crippen LogP contribution is -2.30. The molecule has 4 nitrogen and oxygen atoms in total. The maximum Gasteiger partial charge on any atom is 0.274 e. The number of benzene rings is 1. The van der Waals surface area contributed by atoms with Crippen LogP contribution in [-0.2, 0) is 0 Å². The molecule has 0 saturated carbocycles. The fourth-order valence-corrected chi connectivity index (χ4v) is 2.84. The number of piperidine rings is 1. The van der Waals surface area contributed by atoms with Crippen LogP contribution in [0, 0.1) is 6.92 Å². The van der Waals surface area contributed by atoms with Gasteiger partial charge in [-0.1, -0.05) is 12.1 Å². The summed E-state index contributed by atoms with van der Waals surface area (Å²) in [4.78, 5) is 18.9. The molecule has 22 heavy (non-hydrogen) atoms. The van der Waals surface area contributed by atoms with Gasteiger partial charge in [-0.15, -0.1) is 0 Å². The number of hydrogen-bond acceptors (Lipinski definition) is 3. The van der Waals surface area contributed by atoms with E-state index in [4.69, 9.17) is 0 Å². The van der Waals surface area contributed by atoms with Crippen molar-refractivity contribution in [1.82, 2.24) is 4.98 Å². The fraction of sp³-hybridized carbons (Fsp3) is 0.333. The van der Waals surface area contributed by atoms with E-state index in [9.17, 15) is 4.79 Å². The first-order chi connectivity index (χ1) is 10.7. The number of nitrogens with one attached hydrogen (secondary N) is 1. The van der Waals surface area contributed by atoms with Crippen molar-refractivity contribution in [3.63, 3.8) is 0 Å². The molecule has 114 valence electrons. The molecule has 4 heteroatoms. The van der Waals surface area contributed by atoms with Crippen molar-refractivity contribution in [2.45, 2.75) is 26.2 Å². The Morgan fingerprint density at radius 1 is 1.14 bits per heavy atom. The van der Waals surface area contributed by atoms with Crippen molar-refractivity contribution < 1.29 is 4.79 Å². The predicted octanol–water partition coefficient (Wildman–Crippen LogP) is 3.63. The molecular formula is C18H21N3O. The second kappa shape index (κ2) is 6.60. The van der Waals surface area contributed by atoms with Gasteiger partial charge in [-0.2, -0.15) is 0 Å². The molecule has 1 N–H and O–H groups in total. The quantitative estimate of drug-likeness (QED) is 0.940. The number of para-hydroxylation sites is 2. The number of carbonyl (C=O) groups is 1. The lowest BCUT2D eigenvalue weighted by Gasteiger charge is -2.30. The standard InChI is InChI=1S/C18H21N3O/c1-14-9-10-19-16(13-14)18(22)20-15-7-3-4-8-17(15)21-11-5-2-6-12-21/h3-4,7-10,13H,2,5-6,11-12H2,1H3,(H,20,22). The normalized spacial score (nSPS) is 14.7. The predicted molar refractivity (Wildman–Crippen MR) is 89.4 cm³/mol. The number of rotatable bonds is 3. The van der Waals surface area contributed by atoms with Gasteiger partial charge in [0.05, 0.1) is 11.4 Å². The molecule has 1 fully saturated rings. The van der Waals surface area contributed by atoms with Crippen molar-refractivity contribution in [3.8, 4) is 0 Å². The molecule has 1 amide bonds. The number of aromatic nitrogens is 1. The van der Waals surface area contributed by atoms with Crippen molar-refractivity contribution in [1.29, 1.82) is 0 Å². The van der Waals surface area contributed by atoms with E-state index in [0.717, 1.165) is 30.0 Å². The van der Waals surface area contributed by atoms with E-state index < -0.39 is 0 Å². The van der Waals surface area contributed by atoms with Gasteiger partial charge in [-0.05, 0) is 56.0 Å². The molecular weight excluding hydrogens is 274 g/mol. The monoisotopic (exact) mass is 295 g/mol. The maximum atomic E-state index is 12.4. The van der Waals surface area contributed by atoms with Crippen molar-refractivity contribution in [2.24, 2.45) is 0 Å². The number of anilines is 2. The van der Waals surface area contributed by atoms with Gasteiger partial charge in [-0.3, -0.25) is 9.78 Å². The summed E-state index contributed by atoms with van der Waals surface area (Å²) >= 11 is 0. The highest BCUT2D eigenvalue weighted by Gasteiger charge is 2.16. The first-order valence-electron chi connectivity index (χ1n) is 7.82. The molecule has 0 atom stereocenters. The fourth-order valence-electron chi connectivity index (χ4n) is 2.84. The summed E-state index contributed by atoms with van der Waals surface area (Å²) in [5.41, 5.74) is 3.44. The SMILES string of the molecule is Cc1ccnc(C(=O)Nc2ccccc2N2CCCCC2)c1. The van der Waals surface area contributed by atoms with Crippen molar-refractivity contribution in [3.05, 3.63) is 53.9 Å². The molecule has 1 aliphatic rings. The third kappa shape index (κ3) is 3.27. The van der Waals surface area contributed by atoms with Crippen LogP contribution in [0.2, 0.25) is 0 Å². The Bertz CT molecular complexity index is 663. The van der Waals surface area contributed by atoms with Gasteiger partial charge in [0.25, 0.3) is 5.91 Å². The van der Waals surface area contributed by atoms with E-state index in [0.29, 0.717) is 5.69 Å². The third-order valence-corrected chi connectivity index (χ3v) is 4.00. The van der Waals surface area contributed by atoms with Crippen LogP contribution in [0.15, 0.2) is 42.6 Å². The Kier molecular flexibility index (Phi) is 4.37. The van der Waals surface area contributed by atoms with Gasteiger partial charge in [-0.25, -0.2) is 0 Å². The first kappa shape index (κ1) is 14.6. The minimum Gasteiger partial charge on any atom is -0.370 e. The molecule has 2 heterocycles. The van der Waals surface area contributed by atoms with Crippen LogP contribution in [0.5, 0.6) is 0 Å². The van der Waals surface area contributed by atoms with Gasteiger partial charge in [0.15, 0.2) is 0 Å². The number of hydrogen-bond donors (Lipinski definition) is 1. The molecule has 0 spiro atoms. The summed E-state index contributed by atoms with van der Waals surface area (Å²) in [5, 5.41) is 3.01. The summed E-state index contributed by atoms with van der Waals surface area (Å²) in [7, 11) is 0. The summed E-state index contributed by atoms with van der Waals surface area (Å²) in [6.45, 7) is 4.06. The van der Waals surface area contributed by atoms with E-state index in [-0.39, 0.29) is 5.91 Å². The maximum absolute atomic E-state index is 12.4. The molecule has 2 aromatic rings. The average molecular weight is 295 g/mol. The van der Waals surface area contributed by atoms with E-state index >= 15 is 0 Å². The van der Waals surface area contributed by atoms with E-state index in [1.165, 1.54) is 19.3 Å². The molecule has 3 rings (SSSR count). The molecule has 0 unspecified atom stereocenters. The zero-order valence-electron chi connectivity index (χ0n) is 12.9. The summed E-state index contributed by atoms with van der Waals surface area (Å²) in [5.74, 6) is -0.159. The second-order valence-electron chi connectivity index (χ2n) is 5.74. The highest BCUT2D eigenvalue weighted by Crippen LogP contribution is 2.28. The Morgan fingerprint density at radius 3 is 2.68 bits per heavy atom. The van der Waals surface area contributed by atoms with E-state index in [1.807, 2.05) is 31.2 Å². The number of carbonyl (C=O) groups excluding carboxylic acids is 1. The van der Waals surface area contributed by atoms with Gasteiger partial charge < -0.3 is 10.2 Å². The molecule has 1 aromatic heterocycles. The van der Waals surface area contributed by atoms with Gasteiger partial charge in [0.2, 0.25) is 0 Å². The Morgan fingerprint density at radius 2 is 1.91 bits per heavy atom. The second-order valence-corrected chi connectivity index (χ2v) is 5.74. The first-order valence-corrected chi connectivity index (χ1v) is 7.82. The number of nitrogens with zero attached hydrogens (tertiary/aromatic N) is 2. The number of aryl methyl sites for hydroxylation is 1. The Labute approximate surface area is 131 Å². The Balaban J connectivity index is 1.81. The number of amides is 1. The van der Waals surface area contributed by atoms with Crippen LogP contribution < -0.4 is 10.2 Å². The molecule has 0 bridgehead atoms. The van der Waals surface area contributed by atoms with Crippen LogP contribution in [-0.4, -0.2) is 24.0 Å². The Hall–Kier alpha value is -2.36. The van der Waals surface area contributed by atoms with Crippen molar-refractivity contribution >= 4 is 17.3 Å². The zero-order chi connectivity index (χ0) is 15.4. The van der Waals surface area contributed by atoms with Gasteiger partial charge in [0.1, 0.15) is 5.69 Å². The molecule has 0 aliphatic carbocycles. The van der Waals surface area contributed by atoms with Crippen LogP contribution in [0.4, 0.5) is 11.4 Å². The minimum absolute atomic E-state index is 0.159. The topological polar surface area (TPSA) is 45.2 Å². The summed E-state index contributed by atoms with van der Waals surface area (Å²) in [6.07, 6.45) is 5.38.